The third-order valence-electron chi connectivity index (χ3n) is 2.74. The topological polar surface area (TPSA) is 71.4 Å². The Morgan fingerprint density at radius 3 is 2.50 bits per heavy atom. The highest BCUT2D eigenvalue weighted by molar-refractivity contribution is 8.13. The second kappa shape index (κ2) is 3.75. The zero-order valence-electron chi connectivity index (χ0n) is 8.18. The Labute approximate surface area is 97.3 Å². The number of halogens is 1. The van der Waals surface area contributed by atoms with Crippen LogP contribution in [0.1, 0.15) is 11.1 Å². The molecule has 16 heavy (non-hydrogen) atoms. The van der Waals surface area contributed by atoms with Crippen molar-refractivity contribution in [2.24, 2.45) is 5.92 Å². The van der Waals surface area contributed by atoms with Crippen molar-refractivity contribution in [3.63, 3.8) is 0 Å². The van der Waals surface area contributed by atoms with Crippen LogP contribution in [0.15, 0.2) is 23.1 Å². The second-order valence-electron chi connectivity index (χ2n) is 3.81. The summed E-state index contributed by atoms with van der Waals surface area (Å²) in [6, 6.07) is 4.50. The van der Waals surface area contributed by atoms with E-state index in [0.717, 1.165) is 11.1 Å². The Hall–Kier alpha value is -1.07. The Morgan fingerprint density at radius 1 is 1.31 bits per heavy atom. The lowest BCUT2D eigenvalue weighted by Crippen LogP contribution is -2.12. The first-order valence-corrected chi connectivity index (χ1v) is 6.98. The van der Waals surface area contributed by atoms with Crippen molar-refractivity contribution < 1.29 is 18.3 Å². The smallest absolute Gasteiger partial charge is 0.307 e. The molecule has 6 heteroatoms. The molecule has 1 aliphatic carbocycles. The molecule has 1 atom stereocenters. The van der Waals surface area contributed by atoms with Crippen LogP contribution in [0.5, 0.6) is 0 Å². The van der Waals surface area contributed by atoms with Gasteiger partial charge in [-0.25, -0.2) is 8.42 Å². The molecule has 1 aromatic rings. The molecule has 0 saturated carbocycles. The highest BCUT2D eigenvalue weighted by atomic mass is 35.7. The summed E-state index contributed by atoms with van der Waals surface area (Å²) in [7, 11) is 1.48. The van der Waals surface area contributed by atoms with E-state index in [-0.39, 0.29) is 4.90 Å². The number of rotatable bonds is 2. The van der Waals surface area contributed by atoms with E-state index in [2.05, 4.69) is 0 Å². The predicted octanol–water partition coefficient (Wildman–Crippen LogP) is 1.41. The molecule has 2 rings (SSSR count). The molecular formula is C10H9ClO4S. The van der Waals surface area contributed by atoms with Crippen LogP contribution >= 0.6 is 10.7 Å². The zero-order valence-corrected chi connectivity index (χ0v) is 9.75. The van der Waals surface area contributed by atoms with Gasteiger partial charge in [-0.05, 0) is 36.1 Å². The molecule has 0 fully saturated rings. The van der Waals surface area contributed by atoms with Gasteiger partial charge in [0, 0.05) is 10.7 Å². The van der Waals surface area contributed by atoms with Gasteiger partial charge in [-0.1, -0.05) is 6.07 Å². The SMILES string of the molecule is O=C(O)[C@@H]1Cc2ccc(S(=O)(=O)Cl)cc2C1. The van der Waals surface area contributed by atoms with E-state index in [4.69, 9.17) is 15.8 Å². The van der Waals surface area contributed by atoms with Crippen LogP contribution in [0.25, 0.3) is 0 Å². The maximum Gasteiger partial charge on any atom is 0.307 e. The van der Waals surface area contributed by atoms with Gasteiger partial charge in [0.05, 0.1) is 10.8 Å². The van der Waals surface area contributed by atoms with E-state index < -0.39 is 20.9 Å². The van der Waals surface area contributed by atoms with Crippen molar-refractivity contribution >= 4 is 25.7 Å². The van der Waals surface area contributed by atoms with E-state index in [1.165, 1.54) is 12.1 Å². The van der Waals surface area contributed by atoms with E-state index in [1.54, 1.807) is 6.07 Å². The molecule has 0 spiro atoms. The fraction of sp³-hybridized carbons (Fsp3) is 0.300. The Morgan fingerprint density at radius 2 is 1.94 bits per heavy atom. The van der Waals surface area contributed by atoms with Crippen LogP contribution in [0.3, 0.4) is 0 Å². The van der Waals surface area contributed by atoms with Crippen molar-refractivity contribution in [1.29, 1.82) is 0 Å². The van der Waals surface area contributed by atoms with Crippen LogP contribution in [0.2, 0.25) is 0 Å². The number of carbonyl (C=O) groups is 1. The van der Waals surface area contributed by atoms with E-state index in [0.29, 0.717) is 12.8 Å². The first kappa shape index (κ1) is 11.4. The molecule has 1 aromatic carbocycles. The van der Waals surface area contributed by atoms with Crippen molar-refractivity contribution in [3.05, 3.63) is 29.3 Å². The normalized spacial score (nSPS) is 19.4. The largest absolute Gasteiger partial charge is 0.481 e. The Balaban J connectivity index is 2.39. The molecule has 0 amide bonds. The van der Waals surface area contributed by atoms with Crippen molar-refractivity contribution in [2.75, 3.05) is 0 Å². The fourth-order valence-electron chi connectivity index (χ4n) is 1.92. The van der Waals surface area contributed by atoms with Crippen molar-refractivity contribution in [3.8, 4) is 0 Å². The number of benzene rings is 1. The highest BCUT2D eigenvalue weighted by Crippen LogP contribution is 2.29. The summed E-state index contributed by atoms with van der Waals surface area (Å²) in [5.41, 5.74) is 1.64. The fourth-order valence-corrected chi connectivity index (χ4v) is 2.72. The summed E-state index contributed by atoms with van der Waals surface area (Å²) in [5.74, 6) is -1.31. The minimum atomic E-state index is -3.74. The minimum absolute atomic E-state index is 0.0268. The van der Waals surface area contributed by atoms with Gasteiger partial charge in [-0.3, -0.25) is 4.79 Å². The van der Waals surface area contributed by atoms with Crippen LogP contribution in [-0.2, 0) is 26.7 Å². The van der Waals surface area contributed by atoms with E-state index >= 15 is 0 Å². The average molecular weight is 261 g/mol. The molecule has 0 bridgehead atoms. The number of fused-ring (bicyclic) bond motifs is 1. The molecule has 0 aliphatic heterocycles. The van der Waals surface area contributed by atoms with Gasteiger partial charge in [0.15, 0.2) is 0 Å². The van der Waals surface area contributed by atoms with Crippen LogP contribution in [-0.4, -0.2) is 19.5 Å². The van der Waals surface area contributed by atoms with Crippen LogP contribution in [0, 0.1) is 5.92 Å². The second-order valence-corrected chi connectivity index (χ2v) is 6.38. The highest BCUT2D eigenvalue weighted by Gasteiger charge is 2.28. The first-order chi connectivity index (χ1) is 7.38. The Bertz CT molecular complexity index is 550. The van der Waals surface area contributed by atoms with Gasteiger partial charge in [-0.2, -0.15) is 0 Å². The molecule has 86 valence electrons. The maximum atomic E-state index is 11.1. The van der Waals surface area contributed by atoms with Crippen molar-refractivity contribution in [1.82, 2.24) is 0 Å². The maximum absolute atomic E-state index is 11.1. The molecule has 0 aromatic heterocycles. The number of carboxylic acid groups (broad SMARTS) is 1. The van der Waals surface area contributed by atoms with Gasteiger partial charge >= 0.3 is 5.97 Å². The number of hydrogen-bond acceptors (Lipinski definition) is 3. The summed E-state index contributed by atoms with van der Waals surface area (Å²) in [4.78, 5) is 10.8. The third kappa shape index (κ3) is 2.05. The molecule has 0 radical (unpaired) electrons. The Kier molecular flexibility index (Phi) is 2.67. The first-order valence-electron chi connectivity index (χ1n) is 4.67. The molecule has 0 saturated heterocycles. The number of carboxylic acids is 1. The number of hydrogen-bond donors (Lipinski definition) is 1. The van der Waals surface area contributed by atoms with Gasteiger partial charge in [0.2, 0.25) is 0 Å². The molecule has 1 aliphatic rings. The molecule has 4 nitrogen and oxygen atoms in total. The standard InChI is InChI=1S/C10H9ClO4S/c11-16(14,15)9-2-1-6-3-8(10(12)13)4-7(6)5-9/h1-2,5,8H,3-4H2,(H,12,13)/t8-/m1/s1. The lowest BCUT2D eigenvalue weighted by Gasteiger charge is -2.00. The van der Waals surface area contributed by atoms with Gasteiger partial charge < -0.3 is 5.11 Å². The van der Waals surface area contributed by atoms with E-state index in [9.17, 15) is 13.2 Å². The molecular weight excluding hydrogens is 252 g/mol. The zero-order chi connectivity index (χ0) is 11.9. The summed E-state index contributed by atoms with van der Waals surface area (Å²) in [5, 5.41) is 8.87. The van der Waals surface area contributed by atoms with Crippen LogP contribution in [0.4, 0.5) is 0 Å². The monoisotopic (exact) mass is 260 g/mol. The van der Waals surface area contributed by atoms with Crippen LogP contribution < -0.4 is 0 Å². The summed E-state index contributed by atoms with van der Waals surface area (Å²) in [6.07, 6.45) is 0.818. The molecule has 1 N–H and O–H groups in total. The lowest BCUT2D eigenvalue weighted by atomic mass is 10.1. The van der Waals surface area contributed by atoms with E-state index in [1.807, 2.05) is 0 Å². The number of aliphatic carboxylic acids is 1. The van der Waals surface area contributed by atoms with Gasteiger partial charge in [-0.15, -0.1) is 0 Å². The minimum Gasteiger partial charge on any atom is -0.481 e. The quantitative estimate of drug-likeness (QED) is 0.816. The van der Waals surface area contributed by atoms with Crippen molar-refractivity contribution in [2.45, 2.75) is 17.7 Å². The van der Waals surface area contributed by atoms with Gasteiger partial charge in [0.1, 0.15) is 0 Å². The van der Waals surface area contributed by atoms with Gasteiger partial charge in [0.25, 0.3) is 9.05 Å². The predicted molar refractivity (Wildman–Crippen MR) is 58.0 cm³/mol. The lowest BCUT2D eigenvalue weighted by molar-refractivity contribution is -0.141. The third-order valence-corrected chi connectivity index (χ3v) is 4.09. The molecule has 0 heterocycles. The summed E-state index contributed by atoms with van der Waals surface area (Å²) < 4.78 is 22.2. The summed E-state index contributed by atoms with van der Waals surface area (Å²) >= 11 is 0. The average Bonchev–Trinajstić information content (AvgIpc) is 2.58. The molecule has 0 unspecified atom stereocenters. The summed E-state index contributed by atoms with van der Waals surface area (Å²) in [6.45, 7) is 0.